The van der Waals surface area contributed by atoms with Crippen molar-refractivity contribution in [2.45, 2.75) is 0 Å². The van der Waals surface area contributed by atoms with Gasteiger partial charge in [-0.05, 0) is 23.8 Å². The van der Waals surface area contributed by atoms with Crippen molar-refractivity contribution in [3.8, 4) is 11.1 Å². The molecule has 0 aliphatic carbocycles. The Kier molecular flexibility index (Phi) is 4.81. The predicted octanol–water partition coefficient (Wildman–Crippen LogP) is -1.08. The maximum atomic E-state index is 12.5. The minimum Gasteiger partial charge on any atom is -0.477 e. The van der Waals surface area contributed by atoms with Crippen LogP contribution in [0, 0.1) is 0 Å². The van der Waals surface area contributed by atoms with Crippen molar-refractivity contribution in [2.24, 2.45) is 5.14 Å². The minimum atomic E-state index is -4.23. The van der Waals surface area contributed by atoms with Crippen molar-refractivity contribution in [2.75, 3.05) is 26.2 Å². The summed E-state index contributed by atoms with van der Waals surface area (Å²) < 4.78 is 23.6. The van der Waals surface area contributed by atoms with Gasteiger partial charge in [-0.3, -0.25) is 4.79 Å². The van der Waals surface area contributed by atoms with Crippen LogP contribution in [0.2, 0.25) is 0 Å². The van der Waals surface area contributed by atoms with E-state index in [-0.39, 0.29) is 11.5 Å². The molecule has 0 spiro atoms. The summed E-state index contributed by atoms with van der Waals surface area (Å²) >= 11 is 0. The Morgan fingerprint density at radius 3 is 2.23 bits per heavy atom. The zero-order valence-electron chi connectivity index (χ0n) is 13.8. The van der Waals surface area contributed by atoms with Crippen LogP contribution in [0.5, 0.6) is 0 Å². The smallest absolute Gasteiger partial charge is 0.354 e. The largest absolute Gasteiger partial charge is 0.477 e. The number of amides is 1. The number of carbonyl (C=O) groups is 2. The van der Waals surface area contributed by atoms with Gasteiger partial charge in [-0.15, -0.1) is 0 Å². The molecule has 1 saturated heterocycles. The molecule has 138 valence electrons. The number of carbonyl (C=O) groups excluding carboxylic acids is 1. The fraction of sp³-hybridized carbons (Fsp3) is 0.250. The van der Waals surface area contributed by atoms with Gasteiger partial charge in [0, 0.05) is 17.3 Å². The van der Waals surface area contributed by atoms with E-state index in [0.717, 1.165) is 19.3 Å². The lowest BCUT2D eigenvalue weighted by Crippen LogP contribution is -2.89. The van der Waals surface area contributed by atoms with Gasteiger partial charge in [0.2, 0.25) is 0 Å². The van der Waals surface area contributed by atoms with E-state index >= 15 is 0 Å². The number of hydrogen-bond donors (Lipinski definition) is 3. The number of nitrogens with two attached hydrogens (primary N) is 2. The first-order valence-electron chi connectivity index (χ1n) is 7.98. The first-order valence-corrected chi connectivity index (χ1v) is 9.48. The summed E-state index contributed by atoms with van der Waals surface area (Å²) in [5.74, 6) is -1.49. The van der Waals surface area contributed by atoms with Crippen molar-refractivity contribution in [1.82, 2.24) is 8.87 Å². The van der Waals surface area contributed by atoms with Crippen LogP contribution in [-0.2, 0) is 10.2 Å². The topological polar surface area (TPSA) is 139 Å². The van der Waals surface area contributed by atoms with Gasteiger partial charge in [-0.25, -0.2) is 13.9 Å². The quantitative estimate of drug-likeness (QED) is 0.620. The number of benzene rings is 1. The van der Waals surface area contributed by atoms with Gasteiger partial charge in [-0.1, -0.05) is 12.1 Å². The van der Waals surface area contributed by atoms with E-state index in [1.165, 1.54) is 6.07 Å². The summed E-state index contributed by atoms with van der Waals surface area (Å²) in [6.07, 6.45) is 1.09. The fourth-order valence-corrected chi connectivity index (χ4v) is 3.66. The van der Waals surface area contributed by atoms with E-state index in [4.69, 9.17) is 5.14 Å². The van der Waals surface area contributed by atoms with Crippen LogP contribution in [0.3, 0.4) is 0 Å². The maximum Gasteiger partial charge on any atom is 0.354 e. The molecule has 1 aliphatic rings. The first kappa shape index (κ1) is 18.1. The van der Waals surface area contributed by atoms with Gasteiger partial charge in [-0.2, -0.15) is 8.42 Å². The van der Waals surface area contributed by atoms with Crippen molar-refractivity contribution in [3.63, 3.8) is 0 Å². The summed E-state index contributed by atoms with van der Waals surface area (Å²) in [5, 5.41) is 16.6. The summed E-state index contributed by atoms with van der Waals surface area (Å²) in [4.78, 5) is 25.8. The van der Waals surface area contributed by atoms with E-state index in [1.807, 2.05) is 0 Å². The average molecular weight is 379 g/mol. The average Bonchev–Trinajstić information content (AvgIpc) is 3.08. The van der Waals surface area contributed by atoms with Crippen LogP contribution in [0.15, 0.2) is 36.5 Å². The van der Waals surface area contributed by atoms with Crippen LogP contribution in [-0.4, -0.2) is 60.5 Å². The molecule has 2 heterocycles. The van der Waals surface area contributed by atoms with E-state index in [1.54, 1.807) is 29.2 Å². The Labute approximate surface area is 150 Å². The van der Waals surface area contributed by atoms with E-state index < -0.39 is 21.9 Å². The molecule has 26 heavy (non-hydrogen) atoms. The number of rotatable bonds is 4. The number of carboxylic acids is 1. The molecule has 1 amide bonds. The van der Waals surface area contributed by atoms with Gasteiger partial charge in [0.25, 0.3) is 5.91 Å². The molecular formula is C16H19N4O5S+. The highest BCUT2D eigenvalue weighted by Gasteiger charge is 2.24. The normalized spacial score (nSPS) is 15.0. The van der Waals surface area contributed by atoms with Crippen molar-refractivity contribution >= 4 is 22.1 Å². The highest BCUT2D eigenvalue weighted by molar-refractivity contribution is 7.87. The molecule has 1 aliphatic heterocycles. The molecule has 2 aromatic rings. The van der Waals surface area contributed by atoms with Crippen LogP contribution in [0.1, 0.15) is 20.8 Å². The molecule has 0 unspecified atom stereocenters. The standard InChI is InChI=1S/C16H18N4O5S/c17-26(24,25)20-8-5-13(14(20)16(22)23)11-1-3-12(4-2-11)15(21)19-9-6-18-7-10-19/h1-5,8,18H,6-7,9-10H2,(H,22,23)(H2,17,24,25)/p+1. The number of quaternary nitrogens is 1. The van der Waals surface area contributed by atoms with Crippen molar-refractivity contribution in [3.05, 3.63) is 47.8 Å². The molecule has 0 atom stereocenters. The minimum absolute atomic E-state index is 0.0785. The predicted molar refractivity (Wildman–Crippen MR) is 92.9 cm³/mol. The lowest BCUT2D eigenvalue weighted by molar-refractivity contribution is -0.661. The lowest BCUT2D eigenvalue weighted by atomic mass is 10.0. The highest BCUT2D eigenvalue weighted by atomic mass is 32.2. The summed E-state index contributed by atoms with van der Waals surface area (Å²) in [6, 6.07) is 7.77. The second-order valence-corrected chi connectivity index (χ2v) is 7.38. The highest BCUT2D eigenvalue weighted by Crippen LogP contribution is 2.26. The molecule has 9 nitrogen and oxygen atoms in total. The van der Waals surface area contributed by atoms with Gasteiger partial charge < -0.3 is 15.3 Å². The number of aromatic nitrogens is 1. The second kappa shape index (κ2) is 6.90. The molecule has 0 saturated carbocycles. The molecule has 1 fully saturated rings. The molecule has 1 aromatic carbocycles. The van der Waals surface area contributed by atoms with Crippen molar-refractivity contribution < 1.29 is 28.4 Å². The SMILES string of the molecule is NS(=O)(=O)n1ccc(-c2ccc(C(=O)N3CC[NH2+]CC3)cc2)c1C(=O)O. The summed E-state index contributed by atoms with van der Waals surface area (Å²) in [5.41, 5.74) is 0.739. The Bertz CT molecular complexity index is 944. The van der Waals surface area contributed by atoms with E-state index in [0.29, 0.717) is 28.2 Å². The molecule has 0 bridgehead atoms. The third kappa shape index (κ3) is 3.47. The summed E-state index contributed by atoms with van der Waals surface area (Å²) in [7, 11) is -4.23. The maximum absolute atomic E-state index is 12.5. The zero-order chi connectivity index (χ0) is 18.9. The molecule has 1 aromatic heterocycles. The Morgan fingerprint density at radius 1 is 1.08 bits per heavy atom. The monoisotopic (exact) mass is 379 g/mol. The van der Waals surface area contributed by atoms with Crippen LogP contribution in [0.4, 0.5) is 0 Å². The number of aromatic carboxylic acids is 1. The molecular weight excluding hydrogens is 360 g/mol. The van der Waals surface area contributed by atoms with Crippen LogP contribution in [0.25, 0.3) is 11.1 Å². The fourth-order valence-electron chi connectivity index (χ4n) is 3.00. The number of hydrogen-bond acceptors (Lipinski definition) is 4. The van der Waals surface area contributed by atoms with Crippen LogP contribution >= 0.6 is 0 Å². The Hall–Kier alpha value is -2.69. The zero-order valence-corrected chi connectivity index (χ0v) is 14.6. The first-order chi connectivity index (χ1) is 12.3. The van der Waals surface area contributed by atoms with Gasteiger partial charge in [0.1, 0.15) is 0 Å². The Morgan fingerprint density at radius 2 is 1.69 bits per heavy atom. The van der Waals surface area contributed by atoms with E-state index in [2.05, 4.69) is 5.32 Å². The second-order valence-electron chi connectivity index (χ2n) is 5.96. The molecule has 5 N–H and O–H groups in total. The van der Waals surface area contributed by atoms with Crippen molar-refractivity contribution in [1.29, 1.82) is 0 Å². The third-order valence-corrected chi connectivity index (χ3v) is 5.12. The number of piperazine rings is 1. The number of nitrogens with zero attached hydrogens (tertiary/aromatic N) is 2. The lowest BCUT2D eigenvalue weighted by Gasteiger charge is -2.25. The third-order valence-electron chi connectivity index (χ3n) is 4.27. The van der Waals surface area contributed by atoms with Crippen LogP contribution < -0.4 is 10.5 Å². The molecule has 0 radical (unpaired) electrons. The van der Waals surface area contributed by atoms with E-state index in [9.17, 15) is 23.1 Å². The van der Waals surface area contributed by atoms with Gasteiger partial charge >= 0.3 is 16.2 Å². The Balaban J connectivity index is 1.93. The molecule has 3 rings (SSSR count). The van der Waals surface area contributed by atoms with Gasteiger partial charge in [0.15, 0.2) is 5.69 Å². The molecule has 10 heteroatoms. The number of carboxylic acid groups (broad SMARTS) is 1. The summed E-state index contributed by atoms with van der Waals surface area (Å²) in [6.45, 7) is 3.10. The van der Waals surface area contributed by atoms with Gasteiger partial charge in [0.05, 0.1) is 26.2 Å².